The minimum atomic E-state index is -3.32. The number of hydrogen-bond donors (Lipinski definition) is 2. The van der Waals surface area contributed by atoms with Gasteiger partial charge in [0.2, 0.25) is 11.7 Å². The largest absolute Gasteiger partial charge is 0.490 e. The van der Waals surface area contributed by atoms with Crippen molar-refractivity contribution in [3.63, 3.8) is 0 Å². The zero-order valence-corrected chi connectivity index (χ0v) is 13.6. The molecule has 0 unspecified atom stereocenters. The molecule has 0 atom stereocenters. The van der Waals surface area contributed by atoms with Gasteiger partial charge in [-0.25, -0.2) is 15.0 Å². The minimum absolute atomic E-state index is 0.0265. The van der Waals surface area contributed by atoms with Crippen LogP contribution in [0.25, 0.3) is 0 Å². The summed E-state index contributed by atoms with van der Waals surface area (Å²) in [5.41, 5.74) is 0.158. The number of rotatable bonds is 6. The second kappa shape index (κ2) is 7.37. The molecule has 0 bridgehead atoms. The number of halogens is 2. The lowest BCUT2D eigenvalue weighted by atomic mass is 10.3. The van der Waals surface area contributed by atoms with Crippen LogP contribution in [0.15, 0.2) is 18.3 Å². The third kappa shape index (κ3) is 5.07. The Bertz CT molecular complexity index is 951. The molecule has 2 aromatic heterocycles. The van der Waals surface area contributed by atoms with Crippen LogP contribution >= 0.6 is 0 Å². The molecule has 0 aliphatic rings. The maximum absolute atomic E-state index is 13.6. The van der Waals surface area contributed by atoms with Gasteiger partial charge < -0.3 is 15.4 Å². The van der Waals surface area contributed by atoms with E-state index in [9.17, 15) is 13.6 Å². The summed E-state index contributed by atoms with van der Waals surface area (Å²) in [6, 6.07) is 2.56. The molecule has 0 aliphatic heterocycles. The molecule has 9 heteroatoms. The average Bonchev–Trinajstić information content (AvgIpc) is 2.54. The maximum Gasteiger partial charge on any atom is 0.303 e. The number of nitrogens with one attached hydrogen (secondary N) is 2. The Morgan fingerprint density at radius 2 is 2.16 bits per heavy atom. The second-order valence-electron chi connectivity index (χ2n) is 5.18. The number of aryl methyl sites for hydroxylation is 1. The van der Waals surface area contributed by atoms with E-state index in [-0.39, 0.29) is 28.8 Å². The van der Waals surface area contributed by atoms with Crippen molar-refractivity contribution in [2.75, 3.05) is 17.2 Å². The number of nitrogens with zero attached hydrogens (tertiary/aromatic N) is 3. The molecule has 2 aromatic rings. The molecule has 0 saturated carbocycles. The monoisotopic (exact) mass is 356 g/mol. The summed E-state index contributed by atoms with van der Waals surface area (Å²) in [5.74, 6) is -4.92. The van der Waals surface area contributed by atoms with Crippen LogP contribution in [0.2, 0.25) is 0 Å². The van der Waals surface area contributed by atoms with E-state index < -0.39 is 31.1 Å². The molecular formula is C16H19F2N5O2. The second-order valence-corrected chi connectivity index (χ2v) is 5.18. The predicted octanol–water partition coefficient (Wildman–Crippen LogP) is 3.39. The molecule has 2 heterocycles. The van der Waals surface area contributed by atoms with Gasteiger partial charge in [-0.15, -0.1) is 0 Å². The first-order valence-corrected chi connectivity index (χ1v) is 7.06. The Kier molecular flexibility index (Phi) is 3.69. The molecule has 0 saturated heterocycles. The fourth-order valence-electron chi connectivity index (χ4n) is 1.89. The Balaban J connectivity index is 2.51. The first-order valence-electron chi connectivity index (χ1n) is 9.56. The number of ether oxygens (including phenoxy) is 1. The lowest BCUT2D eigenvalue weighted by molar-refractivity contribution is -0.114. The summed E-state index contributed by atoms with van der Waals surface area (Å²) >= 11 is 0. The Hall–Kier alpha value is -2.84. The number of hydrogen-bond acceptors (Lipinski definition) is 6. The number of alkyl halides is 2. The SMILES string of the molecule is [2H]C([2H])([2H])C([2H])([2H])Oc1cnc(NC(C)=O)cc1Nc1cc(C)nc(C(C)(F)F)n1. The van der Waals surface area contributed by atoms with Crippen LogP contribution in [-0.2, 0) is 10.7 Å². The fraction of sp³-hybridized carbons (Fsp3) is 0.375. The molecule has 2 N–H and O–H groups in total. The van der Waals surface area contributed by atoms with Crippen molar-refractivity contribution in [2.45, 2.75) is 33.5 Å². The summed E-state index contributed by atoms with van der Waals surface area (Å²) in [5, 5.41) is 5.06. The van der Waals surface area contributed by atoms with Crippen molar-refractivity contribution >= 4 is 23.2 Å². The van der Waals surface area contributed by atoms with Crippen molar-refractivity contribution < 1.29 is 25.2 Å². The summed E-state index contributed by atoms with van der Waals surface area (Å²) in [4.78, 5) is 22.6. The van der Waals surface area contributed by atoms with Crippen LogP contribution in [-0.4, -0.2) is 27.4 Å². The molecule has 0 fully saturated rings. The normalized spacial score (nSPS) is 15.2. The van der Waals surface area contributed by atoms with Crippen molar-refractivity contribution in [1.29, 1.82) is 0 Å². The van der Waals surface area contributed by atoms with Gasteiger partial charge in [-0.3, -0.25) is 4.79 Å². The Labute approximate surface area is 150 Å². The van der Waals surface area contributed by atoms with Gasteiger partial charge in [0, 0.05) is 35.8 Å². The molecule has 0 aliphatic carbocycles. The van der Waals surface area contributed by atoms with Crippen LogP contribution in [0.5, 0.6) is 5.75 Å². The summed E-state index contributed by atoms with van der Waals surface area (Å²) in [6.07, 6.45) is 0.987. The zero-order valence-electron chi connectivity index (χ0n) is 18.6. The third-order valence-corrected chi connectivity index (χ3v) is 2.84. The van der Waals surface area contributed by atoms with Crippen LogP contribution < -0.4 is 15.4 Å². The van der Waals surface area contributed by atoms with Gasteiger partial charge >= 0.3 is 5.92 Å². The lowest BCUT2D eigenvalue weighted by Gasteiger charge is -2.15. The number of carbonyl (C=O) groups is 1. The number of pyridine rings is 1. The van der Waals surface area contributed by atoms with E-state index in [0.717, 1.165) is 6.20 Å². The van der Waals surface area contributed by atoms with E-state index >= 15 is 0 Å². The van der Waals surface area contributed by atoms with Crippen LogP contribution in [0, 0.1) is 6.92 Å². The van der Waals surface area contributed by atoms with Gasteiger partial charge in [-0.1, -0.05) is 0 Å². The van der Waals surface area contributed by atoms with E-state index in [1.165, 1.54) is 26.0 Å². The van der Waals surface area contributed by atoms with Gasteiger partial charge in [0.25, 0.3) is 0 Å². The first kappa shape index (κ1) is 12.5. The smallest absolute Gasteiger partial charge is 0.303 e. The molecule has 2 rings (SSSR count). The van der Waals surface area contributed by atoms with Crippen molar-refractivity contribution in [2.24, 2.45) is 0 Å². The molecule has 1 amide bonds. The highest BCUT2D eigenvalue weighted by molar-refractivity contribution is 5.88. The van der Waals surface area contributed by atoms with E-state index in [4.69, 9.17) is 11.6 Å². The molecular weight excluding hydrogens is 332 g/mol. The number of aromatic nitrogens is 3. The van der Waals surface area contributed by atoms with E-state index in [1.807, 2.05) is 0 Å². The Morgan fingerprint density at radius 3 is 2.80 bits per heavy atom. The highest BCUT2D eigenvalue weighted by Crippen LogP contribution is 2.30. The Morgan fingerprint density at radius 1 is 1.40 bits per heavy atom. The fourth-order valence-corrected chi connectivity index (χ4v) is 1.89. The predicted molar refractivity (Wildman–Crippen MR) is 89.3 cm³/mol. The van der Waals surface area contributed by atoms with Gasteiger partial charge in [0.1, 0.15) is 11.6 Å². The van der Waals surface area contributed by atoms with Crippen molar-refractivity contribution in [3.8, 4) is 5.75 Å². The van der Waals surface area contributed by atoms with Crippen LogP contribution in [0.3, 0.4) is 0 Å². The van der Waals surface area contributed by atoms with Crippen molar-refractivity contribution in [3.05, 3.63) is 29.8 Å². The van der Waals surface area contributed by atoms with Crippen LogP contribution in [0.4, 0.5) is 26.1 Å². The molecule has 134 valence electrons. The summed E-state index contributed by atoms with van der Waals surface area (Å²) < 4.78 is 69.4. The highest BCUT2D eigenvalue weighted by atomic mass is 19.3. The standard InChI is InChI=1S/C16H19F2N5O2/c1-5-25-12-8-19-13(21-10(3)24)7-11(12)22-14-6-9(2)20-15(23-14)16(4,17)18/h6-8H,5H2,1-4H3,(H2,19,20,21,22,23,24)/i1D3,5D2. The topological polar surface area (TPSA) is 89.0 Å². The van der Waals surface area contributed by atoms with E-state index in [1.54, 1.807) is 0 Å². The van der Waals surface area contributed by atoms with Crippen LogP contribution in [0.1, 0.15) is 39.1 Å². The third-order valence-electron chi connectivity index (χ3n) is 2.84. The number of carbonyl (C=O) groups excluding carboxylic acids is 1. The lowest BCUT2D eigenvalue weighted by Crippen LogP contribution is -2.14. The highest BCUT2D eigenvalue weighted by Gasteiger charge is 2.29. The zero-order chi connectivity index (χ0) is 22.9. The van der Waals surface area contributed by atoms with Crippen molar-refractivity contribution in [1.82, 2.24) is 15.0 Å². The summed E-state index contributed by atoms with van der Waals surface area (Å²) in [6.45, 7) is -2.86. The maximum atomic E-state index is 13.6. The molecule has 25 heavy (non-hydrogen) atoms. The first-order chi connectivity index (χ1) is 13.6. The molecule has 0 spiro atoms. The van der Waals surface area contributed by atoms with E-state index in [0.29, 0.717) is 6.92 Å². The minimum Gasteiger partial charge on any atom is -0.490 e. The number of amides is 1. The van der Waals surface area contributed by atoms with Gasteiger partial charge in [-0.05, 0) is 13.8 Å². The average molecular weight is 356 g/mol. The van der Waals surface area contributed by atoms with Gasteiger partial charge in [-0.2, -0.15) is 8.78 Å². The van der Waals surface area contributed by atoms with E-state index in [2.05, 4.69) is 25.6 Å². The summed E-state index contributed by atoms with van der Waals surface area (Å²) in [7, 11) is 0. The quantitative estimate of drug-likeness (QED) is 0.825. The molecule has 0 radical (unpaired) electrons. The van der Waals surface area contributed by atoms with Gasteiger partial charge in [0.15, 0.2) is 5.75 Å². The molecule has 0 aromatic carbocycles. The molecule has 7 nitrogen and oxygen atoms in total. The number of anilines is 3. The van der Waals surface area contributed by atoms with Gasteiger partial charge in [0.05, 0.1) is 21.2 Å².